The molecule has 0 unspecified atom stereocenters. The Labute approximate surface area is 98.8 Å². The molecule has 0 amide bonds. The van der Waals surface area contributed by atoms with Crippen molar-refractivity contribution in [2.75, 3.05) is 0 Å². The first-order valence-corrected chi connectivity index (χ1v) is 11.4. The van der Waals surface area contributed by atoms with E-state index in [1.54, 1.807) is 0 Å². The van der Waals surface area contributed by atoms with Crippen LogP contribution < -0.4 is 0 Å². The molecule has 0 aromatic heterocycles. The Balaban J connectivity index is 1.76. The third-order valence-corrected chi connectivity index (χ3v) is 7.58. The maximum Gasteiger partial charge on any atom is 0.108 e. The highest BCUT2D eigenvalue weighted by Gasteiger charge is 2.26. The minimum atomic E-state index is -0.910. The second-order valence-corrected chi connectivity index (χ2v) is 15.4. The summed E-state index contributed by atoms with van der Waals surface area (Å²) in [5.41, 5.74) is 1.53. The number of aliphatic imine (C=N–C) groups is 1. The summed E-state index contributed by atoms with van der Waals surface area (Å²) >= 11 is 2.30. The molecule has 86 valence electrons. The van der Waals surface area contributed by atoms with Crippen LogP contribution in [-0.2, 0) is 0 Å². The van der Waals surface area contributed by atoms with E-state index in [2.05, 4.69) is 30.9 Å². The fourth-order valence-electron chi connectivity index (χ4n) is 2.13. The summed E-state index contributed by atoms with van der Waals surface area (Å²) in [6.07, 6.45) is 8.07. The quantitative estimate of drug-likeness (QED) is 0.678. The molecule has 0 bridgehead atoms. The van der Waals surface area contributed by atoms with Crippen LogP contribution in [0.25, 0.3) is 0 Å². The summed E-state index contributed by atoms with van der Waals surface area (Å²) in [5.74, 6) is 0. The topological polar surface area (TPSA) is 12.4 Å². The number of rotatable bonds is 3. The van der Waals surface area contributed by atoms with Gasteiger partial charge in [0, 0.05) is 5.71 Å². The molecule has 0 spiro atoms. The van der Waals surface area contributed by atoms with Gasteiger partial charge in [0.25, 0.3) is 0 Å². The molecule has 2 saturated carbocycles. The molecule has 2 aliphatic rings. The van der Waals surface area contributed by atoms with Crippen LogP contribution in [0.5, 0.6) is 0 Å². The lowest BCUT2D eigenvalue weighted by atomic mass is 9.98. The first-order valence-electron chi connectivity index (χ1n) is 6.26. The Morgan fingerprint density at radius 1 is 1.07 bits per heavy atom. The van der Waals surface area contributed by atoms with E-state index in [4.69, 9.17) is 4.99 Å². The van der Waals surface area contributed by atoms with Gasteiger partial charge in [-0.05, 0) is 43.8 Å². The Morgan fingerprint density at radius 2 is 1.67 bits per heavy atom. The van der Waals surface area contributed by atoms with Gasteiger partial charge in [0.1, 0.15) is 7.22 Å². The zero-order valence-corrected chi connectivity index (χ0v) is 12.1. The standard InChI is InChI=1S/C12H23NSSi/c1-15(2,3)14-12-8-6-11(7-9-12)13-10-4-5-10/h10,12H,4-9H2,1-3H3. The van der Waals surface area contributed by atoms with Crippen LogP contribution in [0, 0.1) is 0 Å². The molecule has 0 saturated heterocycles. The van der Waals surface area contributed by atoms with Crippen LogP contribution in [0.4, 0.5) is 0 Å². The van der Waals surface area contributed by atoms with Gasteiger partial charge in [-0.15, -0.1) is 0 Å². The smallest absolute Gasteiger partial charge is 0.108 e. The van der Waals surface area contributed by atoms with Crippen molar-refractivity contribution in [3.63, 3.8) is 0 Å². The van der Waals surface area contributed by atoms with Gasteiger partial charge in [0.05, 0.1) is 6.04 Å². The fraction of sp³-hybridized carbons (Fsp3) is 0.917. The largest absolute Gasteiger partial charge is 0.291 e. The van der Waals surface area contributed by atoms with E-state index >= 15 is 0 Å². The maximum absolute atomic E-state index is 4.80. The summed E-state index contributed by atoms with van der Waals surface area (Å²) < 4.78 is 0. The van der Waals surface area contributed by atoms with Crippen molar-refractivity contribution in [2.45, 2.75) is 69.5 Å². The van der Waals surface area contributed by atoms with E-state index in [1.807, 2.05) is 0 Å². The lowest BCUT2D eigenvalue weighted by Gasteiger charge is -2.28. The van der Waals surface area contributed by atoms with Crippen LogP contribution in [0.2, 0.25) is 19.6 Å². The average molecular weight is 241 g/mol. The van der Waals surface area contributed by atoms with Gasteiger partial charge in [-0.2, -0.15) is 11.2 Å². The molecule has 1 nitrogen and oxygen atoms in total. The van der Waals surface area contributed by atoms with Crippen molar-refractivity contribution in [1.82, 2.24) is 0 Å². The minimum absolute atomic E-state index is 0.737. The average Bonchev–Trinajstić information content (AvgIpc) is 2.90. The third kappa shape index (κ3) is 4.31. The molecule has 3 heteroatoms. The number of hydrogen-bond donors (Lipinski definition) is 0. The van der Waals surface area contributed by atoms with Crippen molar-refractivity contribution in [3.05, 3.63) is 0 Å². The van der Waals surface area contributed by atoms with Gasteiger partial charge in [0.15, 0.2) is 0 Å². The molecular formula is C12H23NSSi. The lowest BCUT2D eigenvalue weighted by Crippen LogP contribution is -2.24. The molecule has 0 heterocycles. The second kappa shape index (κ2) is 4.62. The second-order valence-electron chi connectivity index (χ2n) is 5.86. The zero-order valence-electron chi connectivity index (χ0n) is 10.3. The third-order valence-electron chi connectivity index (χ3n) is 2.94. The van der Waals surface area contributed by atoms with Crippen molar-refractivity contribution in [3.8, 4) is 0 Å². The van der Waals surface area contributed by atoms with E-state index < -0.39 is 7.22 Å². The lowest BCUT2D eigenvalue weighted by molar-refractivity contribution is 0.682. The molecule has 0 radical (unpaired) electrons. The summed E-state index contributed by atoms with van der Waals surface area (Å²) in [5, 5.41) is 0.940. The molecule has 0 aliphatic heterocycles. The fourth-order valence-corrected chi connectivity index (χ4v) is 7.31. The van der Waals surface area contributed by atoms with E-state index in [0.29, 0.717) is 0 Å². The number of nitrogens with zero attached hydrogens (tertiary/aromatic N) is 1. The predicted molar refractivity (Wildman–Crippen MR) is 73.7 cm³/mol. The van der Waals surface area contributed by atoms with Crippen LogP contribution in [-0.4, -0.2) is 24.2 Å². The maximum atomic E-state index is 4.80. The highest BCUT2D eigenvalue weighted by Crippen LogP contribution is 2.34. The highest BCUT2D eigenvalue weighted by molar-refractivity contribution is 8.29. The van der Waals surface area contributed by atoms with Crippen molar-refractivity contribution in [2.24, 2.45) is 4.99 Å². The molecule has 2 fully saturated rings. The van der Waals surface area contributed by atoms with Gasteiger partial charge in [0.2, 0.25) is 0 Å². The summed E-state index contributed by atoms with van der Waals surface area (Å²) in [4.78, 5) is 4.80. The monoisotopic (exact) mass is 241 g/mol. The molecule has 2 aliphatic carbocycles. The van der Waals surface area contributed by atoms with Crippen molar-refractivity contribution >= 4 is 24.1 Å². The molecule has 15 heavy (non-hydrogen) atoms. The summed E-state index contributed by atoms with van der Waals surface area (Å²) in [6.45, 7) is 7.39. The van der Waals surface area contributed by atoms with Gasteiger partial charge in [-0.3, -0.25) is 4.99 Å². The van der Waals surface area contributed by atoms with Crippen molar-refractivity contribution < 1.29 is 0 Å². The van der Waals surface area contributed by atoms with Crippen LogP contribution >= 0.6 is 11.2 Å². The van der Waals surface area contributed by atoms with E-state index in [0.717, 1.165) is 11.3 Å². The highest BCUT2D eigenvalue weighted by atomic mass is 32.4. The molecule has 0 aromatic carbocycles. The van der Waals surface area contributed by atoms with Crippen LogP contribution in [0.3, 0.4) is 0 Å². The Bertz CT molecular complexity index is 243. The molecule has 0 N–H and O–H groups in total. The van der Waals surface area contributed by atoms with E-state index in [-0.39, 0.29) is 0 Å². The van der Waals surface area contributed by atoms with Gasteiger partial charge >= 0.3 is 0 Å². The molecule has 2 rings (SSSR count). The van der Waals surface area contributed by atoms with Gasteiger partial charge in [-0.25, -0.2) is 0 Å². The Morgan fingerprint density at radius 3 is 2.13 bits per heavy atom. The van der Waals surface area contributed by atoms with E-state index in [1.165, 1.54) is 44.2 Å². The first kappa shape index (κ1) is 11.7. The molecule has 0 aromatic rings. The summed E-state index contributed by atoms with van der Waals surface area (Å²) in [6, 6.07) is 0.737. The van der Waals surface area contributed by atoms with Crippen LogP contribution in [0.15, 0.2) is 4.99 Å². The first-order chi connectivity index (χ1) is 7.03. The zero-order chi connectivity index (χ0) is 10.9. The van der Waals surface area contributed by atoms with Gasteiger partial charge in [-0.1, -0.05) is 19.6 Å². The molecule has 0 atom stereocenters. The van der Waals surface area contributed by atoms with E-state index in [9.17, 15) is 0 Å². The molecular weight excluding hydrogens is 218 g/mol. The Hall–Kier alpha value is 0.237. The van der Waals surface area contributed by atoms with Gasteiger partial charge < -0.3 is 0 Å². The van der Waals surface area contributed by atoms with Crippen molar-refractivity contribution in [1.29, 1.82) is 0 Å². The minimum Gasteiger partial charge on any atom is -0.291 e. The number of hydrogen-bond acceptors (Lipinski definition) is 2. The van der Waals surface area contributed by atoms with Crippen LogP contribution in [0.1, 0.15) is 38.5 Å². The summed E-state index contributed by atoms with van der Waals surface area (Å²) in [7, 11) is -0.910. The SMILES string of the molecule is C[Si](C)(C)SC1CCC(=NC2CC2)CC1. The normalized spacial score (nSPS) is 27.9. The predicted octanol–water partition coefficient (Wildman–Crippen LogP) is 4.10. The Kier molecular flexibility index (Phi) is 3.61.